The summed E-state index contributed by atoms with van der Waals surface area (Å²) < 4.78 is 21.6. The van der Waals surface area contributed by atoms with Crippen LogP contribution in [0.1, 0.15) is 58.3 Å². The third kappa shape index (κ3) is 8.49. The van der Waals surface area contributed by atoms with E-state index in [1.54, 1.807) is 21.3 Å². The number of esters is 1. The molecule has 0 fully saturated rings. The molecule has 0 rings (SSSR count). The molecule has 136 valence electrons. The van der Waals surface area contributed by atoms with Gasteiger partial charge in [0.25, 0.3) is 5.97 Å². The molecule has 0 bridgehead atoms. The largest absolute Gasteiger partial charge is 0.463 e. The molecule has 0 aliphatic rings. The molecule has 1 atom stereocenters. The van der Waals surface area contributed by atoms with Crippen molar-refractivity contribution in [3.63, 3.8) is 0 Å². The van der Waals surface area contributed by atoms with Crippen LogP contribution in [0.25, 0.3) is 0 Å². The van der Waals surface area contributed by atoms with Gasteiger partial charge in [0, 0.05) is 33.3 Å². The highest BCUT2D eigenvalue weighted by Gasteiger charge is 2.39. The summed E-state index contributed by atoms with van der Waals surface area (Å²) in [6.45, 7) is 5.96. The fourth-order valence-corrected chi connectivity index (χ4v) is 2.80. The second kappa shape index (κ2) is 13.5. The fourth-order valence-electron chi connectivity index (χ4n) is 2.80. The topological polar surface area (TPSA) is 54.0 Å². The molecule has 5 heteroatoms. The SMILES string of the molecule is C=CC(=O)OCCCC(CCCCCCC)C(OC)(OC)OC. The lowest BCUT2D eigenvalue weighted by Crippen LogP contribution is -2.44. The van der Waals surface area contributed by atoms with Gasteiger partial charge in [0.1, 0.15) is 0 Å². The lowest BCUT2D eigenvalue weighted by Gasteiger charge is -2.36. The molecule has 23 heavy (non-hydrogen) atoms. The molecule has 0 amide bonds. The summed E-state index contributed by atoms with van der Waals surface area (Å²) in [6, 6.07) is 0. The van der Waals surface area contributed by atoms with E-state index in [1.807, 2.05) is 0 Å². The highest BCUT2D eigenvalue weighted by atomic mass is 16.9. The molecular formula is C18H34O5. The Morgan fingerprint density at radius 2 is 1.57 bits per heavy atom. The second-order valence-corrected chi connectivity index (χ2v) is 5.63. The molecule has 0 saturated heterocycles. The summed E-state index contributed by atoms with van der Waals surface area (Å²) in [5.74, 6) is -1.34. The summed E-state index contributed by atoms with van der Waals surface area (Å²) >= 11 is 0. The lowest BCUT2D eigenvalue weighted by atomic mass is 9.93. The molecule has 1 unspecified atom stereocenters. The predicted octanol–water partition coefficient (Wildman–Crippen LogP) is 4.07. The number of unbranched alkanes of at least 4 members (excludes halogenated alkanes) is 4. The summed E-state index contributed by atoms with van der Waals surface area (Å²) in [6.07, 6.45) is 9.72. The maximum atomic E-state index is 11.1. The van der Waals surface area contributed by atoms with Crippen molar-refractivity contribution in [2.75, 3.05) is 27.9 Å². The Kier molecular flexibility index (Phi) is 13.0. The molecule has 0 aliphatic carbocycles. The molecule has 0 spiro atoms. The van der Waals surface area contributed by atoms with E-state index in [9.17, 15) is 4.79 Å². The molecule has 5 nitrogen and oxygen atoms in total. The third-order valence-corrected chi connectivity index (χ3v) is 4.12. The normalized spacial score (nSPS) is 12.9. The summed E-state index contributed by atoms with van der Waals surface area (Å²) in [4.78, 5) is 11.1. The van der Waals surface area contributed by atoms with Crippen LogP contribution in [-0.4, -0.2) is 39.9 Å². The average Bonchev–Trinajstić information content (AvgIpc) is 2.59. The van der Waals surface area contributed by atoms with Crippen molar-refractivity contribution in [2.45, 2.75) is 64.3 Å². The third-order valence-electron chi connectivity index (χ3n) is 4.12. The second-order valence-electron chi connectivity index (χ2n) is 5.63. The van der Waals surface area contributed by atoms with Crippen LogP contribution in [0, 0.1) is 5.92 Å². The Hall–Kier alpha value is -0.910. The highest BCUT2D eigenvalue weighted by Crippen LogP contribution is 2.32. The highest BCUT2D eigenvalue weighted by molar-refractivity contribution is 5.81. The van der Waals surface area contributed by atoms with E-state index in [2.05, 4.69) is 13.5 Å². The van der Waals surface area contributed by atoms with Gasteiger partial charge >= 0.3 is 5.97 Å². The number of hydrogen-bond donors (Lipinski definition) is 0. The van der Waals surface area contributed by atoms with Crippen molar-refractivity contribution < 1.29 is 23.7 Å². The molecule has 0 radical (unpaired) electrons. The molecule has 0 aliphatic heterocycles. The van der Waals surface area contributed by atoms with Crippen molar-refractivity contribution in [3.8, 4) is 0 Å². The van der Waals surface area contributed by atoms with E-state index in [4.69, 9.17) is 18.9 Å². The standard InChI is InChI=1S/C18H34O5/c1-6-8-9-10-11-13-16(18(20-3,21-4)22-5)14-12-15-23-17(19)7-2/h7,16H,2,6,8-15H2,1,3-5H3. The van der Waals surface area contributed by atoms with Gasteiger partial charge in [0.2, 0.25) is 0 Å². The van der Waals surface area contributed by atoms with E-state index >= 15 is 0 Å². The van der Waals surface area contributed by atoms with Crippen LogP contribution in [0.15, 0.2) is 12.7 Å². The zero-order chi connectivity index (χ0) is 17.6. The maximum Gasteiger partial charge on any atom is 0.330 e. The molecule has 0 aromatic rings. The Balaban J connectivity index is 4.47. The number of rotatable bonds is 15. The van der Waals surface area contributed by atoms with Crippen molar-refractivity contribution in [3.05, 3.63) is 12.7 Å². The zero-order valence-electron chi connectivity index (χ0n) is 15.3. The van der Waals surface area contributed by atoms with Crippen LogP contribution >= 0.6 is 0 Å². The summed E-state index contributed by atoms with van der Waals surface area (Å²) in [7, 11) is 4.78. The monoisotopic (exact) mass is 330 g/mol. The first-order valence-corrected chi connectivity index (χ1v) is 8.54. The quantitative estimate of drug-likeness (QED) is 0.196. The van der Waals surface area contributed by atoms with Crippen LogP contribution in [0.2, 0.25) is 0 Å². The van der Waals surface area contributed by atoms with Gasteiger partial charge in [-0.2, -0.15) is 0 Å². The first-order valence-electron chi connectivity index (χ1n) is 8.54. The number of methoxy groups -OCH3 is 3. The van der Waals surface area contributed by atoms with E-state index in [0.717, 1.165) is 25.7 Å². The van der Waals surface area contributed by atoms with Gasteiger partial charge < -0.3 is 18.9 Å². The minimum atomic E-state index is -1.03. The van der Waals surface area contributed by atoms with Crippen molar-refractivity contribution in [2.24, 2.45) is 5.92 Å². The van der Waals surface area contributed by atoms with Gasteiger partial charge in [-0.1, -0.05) is 45.6 Å². The number of hydrogen-bond acceptors (Lipinski definition) is 5. The fraction of sp³-hybridized carbons (Fsp3) is 0.833. The van der Waals surface area contributed by atoms with Crippen molar-refractivity contribution >= 4 is 5.97 Å². The lowest BCUT2D eigenvalue weighted by molar-refractivity contribution is -0.380. The molecule has 0 N–H and O–H groups in total. The first kappa shape index (κ1) is 22.1. The number of carbonyl (C=O) groups is 1. The van der Waals surface area contributed by atoms with Gasteiger partial charge in [-0.05, 0) is 19.3 Å². The molecule has 0 saturated carbocycles. The molecule has 0 heterocycles. The van der Waals surface area contributed by atoms with Gasteiger partial charge in [-0.15, -0.1) is 0 Å². The zero-order valence-corrected chi connectivity index (χ0v) is 15.3. The van der Waals surface area contributed by atoms with Crippen LogP contribution in [-0.2, 0) is 23.7 Å². The van der Waals surface area contributed by atoms with Gasteiger partial charge in [-0.3, -0.25) is 0 Å². The average molecular weight is 330 g/mol. The van der Waals surface area contributed by atoms with Crippen LogP contribution in [0.3, 0.4) is 0 Å². The van der Waals surface area contributed by atoms with E-state index < -0.39 is 11.9 Å². The van der Waals surface area contributed by atoms with E-state index in [1.165, 1.54) is 31.8 Å². The first-order chi connectivity index (χ1) is 11.1. The number of ether oxygens (including phenoxy) is 4. The predicted molar refractivity (Wildman–Crippen MR) is 91.0 cm³/mol. The smallest absolute Gasteiger partial charge is 0.330 e. The van der Waals surface area contributed by atoms with Crippen molar-refractivity contribution in [1.29, 1.82) is 0 Å². The summed E-state index contributed by atoms with van der Waals surface area (Å²) in [5, 5.41) is 0. The van der Waals surface area contributed by atoms with Gasteiger partial charge in [-0.25, -0.2) is 4.79 Å². The van der Waals surface area contributed by atoms with Crippen LogP contribution in [0.5, 0.6) is 0 Å². The Bertz CT molecular complexity index is 304. The summed E-state index contributed by atoms with van der Waals surface area (Å²) in [5.41, 5.74) is 0. The van der Waals surface area contributed by atoms with Gasteiger partial charge in [0.05, 0.1) is 6.61 Å². The molecule has 0 aromatic carbocycles. The Morgan fingerprint density at radius 3 is 2.09 bits per heavy atom. The van der Waals surface area contributed by atoms with Crippen LogP contribution in [0.4, 0.5) is 0 Å². The maximum absolute atomic E-state index is 11.1. The van der Waals surface area contributed by atoms with Gasteiger partial charge in [0.15, 0.2) is 0 Å². The van der Waals surface area contributed by atoms with E-state index in [-0.39, 0.29) is 5.92 Å². The number of carbonyl (C=O) groups excluding carboxylic acids is 1. The van der Waals surface area contributed by atoms with Crippen molar-refractivity contribution in [1.82, 2.24) is 0 Å². The Morgan fingerprint density at radius 1 is 1.00 bits per heavy atom. The Labute approximate surface area is 141 Å². The molecule has 0 aromatic heterocycles. The van der Waals surface area contributed by atoms with Crippen LogP contribution < -0.4 is 0 Å². The molecular weight excluding hydrogens is 296 g/mol. The minimum Gasteiger partial charge on any atom is -0.463 e. The minimum absolute atomic E-state index is 0.0894. The van der Waals surface area contributed by atoms with E-state index in [0.29, 0.717) is 6.61 Å².